The number of aromatic nitrogens is 1. The summed E-state index contributed by atoms with van der Waals surface area (Å²) in [4.78, 5) is 23.7. The molecule has 9 heteroatoms. The Morgan fingerprint density at radius 2 is 2.19 bits per heavy atom. The molecule has 0 aliphatic carbocycles. The van der Waals surface area contributed by atoms with Gasteiger partial charge in [-0.25, -0.2) is 8.78 Å². The molecular weight excluding hydrogens is 360 g/mol. The second kappa shape index (κ2) is 4.95. The van der Waals surface area contributed by atoms with Crippen molar-refractivity contribution < 1.29 is 18.5 Å². The van der Waals surface area contributed by atoms with Crippen molar-refractivity contribution in [1.29, 1.82) is 0 Å². The van der Waals surface area contributed by atoms with Gasteiger partial charge < -0.3 is 10.1 Å². The number of halogens is 4. The van der Waals surface area contributed by atoms with Gasteiger partial charge in [-0.15, -0.1) is 0 Å². The van der Waals surface area contributed by atoms with Gasteiger partial charge in [0.1, 0.15) is 5.56 Å². The van der Waals surface area contributed by atoms with Crippen LogP contribution in [0.3, 0.4) is 0 Å². The van der Waals surface area contributed by atoms with Gasteiger partial charge in [0.15, 0.2) is 0 Å². The molecule has 0 amide bonds. The molecule has 0 N–H and O–H groups in total. The van der Waals surface area contributed by atoms with Gasteiger partial charge in [-0.2, -0.15) is 0 Å². The number of nitrogens with zero attached hydrogens (tertiary/aromatic N) is 2. The Bertz CT molecular complexity index is 469. The highest BCUT2D eigenvalue weighted by molar-refractivity contribution is 14.1. The predicted molar refractivity (Wildman–Crippen MR) is 58.7 cm³/mol. The van der Waals surface area contributed by atoms with Gasteiger partial charge in [0, 0.05) is 34.2 Å². The summed E-state index contributed by atoms with van der Waals surface area (Å²) in [5.41, 5.74) is -1.28. The smallest absolute Gasteiger partial charge is 0.358 e. The third-order valence-electron chi connectivity index (χ3n) is 1.61. The molecule has 1 rings (SSSR count). The Morgan fingerprint density at radius 3 is 2.56 bits per heavy atom. The lowest BCUT2D eigenvalue weighted by Crippen LogP contribution is -2.06. The number of nitro groups is 1. The summed E-state index contributed by atoms with van der Waals surface area (Å²) >= 11 is 6.54. The maximum absolute atomic E-state index is 12.5. The van der Waals surface area contributed by atoms with Gasteiger partial charge in [-0.05, 0) is 21.5 Å². The minimum Gasteiger partial charge on any atom is -0.358 e. The summed E-state index contributed by atoms with van der Waals surface area (Å²) < 4.78 is 24.9. The molecule has 5 nitrogen and oxygen atoms in total. The Labute approximate surface area is 106 Å². The van der Waals surface area contributed by atoms with E-state index >= 15 is 0 Å². The molecular formula is C7H2ClF2IN2O3. The Balaban J connectivity index is 3.51. The van der Waals surface area contributed by atoms with Crippen LogP contribution in [0.25, 0.3) is 0 Å². The minimum absolute atomic E-state index is 0.220. The van der Waals surface area contributed by atoms with Crippen molar-refractivity contribution in [3.63, 3.8) is 0 Å². The fraction of sp³-hybridized carbons (Fsp3) is 0.143. The normalized spacial score (nSPS) is 10.6. The van der Waals surface area contributed by atoms with Crippen molar-refractivity contribution in [3.05, 3.63) is 31.0 Å². The maximum Gasteiger partial charge on any atom is 0.365 e. The van der Waals surface area contributed by atoms with Crippen molar-refractivity contribution in [2.24, 2.45) is 0 Å². The fourth-order valence-electron chi connectivity index (χ4n) is 0.979. The van der Waals surface area contributed by atoms with Crippen LogP contribution in [0.4, 0.5) is 14.6 Å². The van der Waals surface area contributed by atoms with Crippen molar-refractivity contribution in [2.45, 2.75) is 6.43 Å². The molecule has 0 radical (unpaired) electrons. The molecule has 16 heavy (non-hydrogen) atoms. The van der Waals surface area contributed by atoms with Crippen LogP contribution in [-0.2, 0) is 0 Å². The third kappa shape index (κ3) is 2.61. The number of rotatable bonds is 3. The van der Waals surface area contributed by atoms with Crippen LogP contribution < -0.4 is 0 Å². The van der Waals surface area contributed by atoms with E-state index in [1.165, 1.54) is 22.6 Å². The second-order valence-corrected chi connectivity index (χ2v) is 3.93. The van der Waals surface area contributed by atoms with Crippen LogP contribution in [0.2, 0.25) is 0 Å². The van der Waals surface area contributed by atoms with Crippen LogP contribution in [0.15, 0.2) is 6.07 Å². The van der Waals surface area contributed by atoms with Gasteiger partial charge in [0.25, 0.3) is 11.7 Å². The molecule has 0 saturated carbocycles. The largest absolute Gasteiger partial charge is 0.365 e. The summed E-state index contributed by atoms with van der Waals surface area (Å²) in [6.07, 6.45) is -3.03. The Hall–Kier alpha value is -0.900. The molecule has 0 aliphatic rings. The average molecular weight is 362 g/mol. The zero-order valence-electron chi connectivity index (χ0n) is 7.29. The maximum atomic E-state index is 12.5. The topological polar surface area (TPSA) is 73.1 Å². The number of carbonyl (C=O) groups is 1. The lowest BCUT2D eigenvalue weighted by atomic mass is 10.1. The molecule has 1 aromatic rings. The zero-order chi connectivity index (χ0) is 12.5. The first-order valence-corrected chi connectivity index (χ1v) is 5.13. The fourth-order valence-corrected chi connectivity index (χ4v) is 2.14. The van der Waals surface area contributed by atoms with E-state index in [0.717, 1.165) is 0 Å². The van der Waals surface area contributed by atoms with E-state index in [4.69, 9.17) is 11.6 Å². The second-order valence-electron chi connectivity index (χ2n) is 2.57. The van der Waals surface area contributed by atoms with E-state index in [-0.39, 0.29) is 3.70 Å². The lowest BCUT2D eigenvalue weighted by Gasteiger charge is -2.04. The van der Waals surface area contributed by atoms with Gasteiger partial charge in [0.2, 0.25) is 3.70 Å². The summed E-state index contributed by atoms with van der Waals surface area (Å²) in [5.74, 6) is -0.749. The first kappa shape index (κ1) is 13.2. The lowest BCUT2D eigenvalue weighted by molar-refractivity contribution is -0.389. The molecule has 1 aromatic heterocycles. The summed E-state index contributed by atoms with van der Waals surface area (Å²) in [5, 5.41) is 9.26. The van der Waals surface area contributed by atoms with E-state index in [2.05, 4.69) is 4.98 Å². The first-order chi connectivity index (χ1) is 7.34. The Morgan fingerprint density at radius 1 is 1.62 bits per heavy atom. The molecule has 0 saturated heterocycles. The van der Waals surface area contributed by atoms with Crippen LogP contribution in [-0.4, -0.2) is 15.1 Å². The van der Waals surface area contributed by atoms with Gasteiger partial charge >= 0.3 is 5.82 Å². The molecule has 0 aliphatic heterocycles. The zero-order valence-corrected chi connectivity index (χ0v) is 10.2. The molecule has 0 atom stereocenters. The molecule has 0 bridgehead atoms. The van der Waals surface area contributed by atoms with E-state index in [0.29, 0.717) is 6.07 Å². The summed E-state index contributed by atoms with van der Waals surface area (Å²) in [6, 6.07) is 0.544. The Kier molecular flexibility index (Phi) is 4.08. The highest BCUT2D eigenvalue weighted by Crippen LogP contribution is 2.29. The quantitative estimate of drug-likeness (QED) is 0.272. The number of pyridine rings is 1. The van der Waals surface area contributed by atoms with Crippen LogP contribution >= 0.6 is 34.2 Å². The van der Waals surface area contributed by atoms with Crippen LogP contribution in [0, 0.1) is 13.8 Å². The average Bonchev–Trinajstić information content (AvgIpc) is 2.15. The SMILES string of the molecule is O=C(Cl)c1c(C(F)F)cc([N+](=O)[O-])nc1I. The molecule has 0 fully saturated rings. The van der Waals surface area contributed by atoms with Crippen LogP contribution in [0.5, 0.6) is 0 Å². The van der Waals surface area contributed by atoms with Crippen LogP contribution in [0.1, 0.15) is 22.3 Å². The third-order valence-corrected chi connectivity index (χ3v) is 2.58. The number of carbonyl (C=O) groups excluding carboxylic acids is 1. The standard InChI is InChI=1S/C7H2ClF2IN2O3/c8-5(14)4-2(6(9)10)1-3(13(15)16)12-7(4)11/h1,6H. The van der Waals surface area contributed by atoms with Crippen molar-refractivity contribution >= 4 is 45.3 Å². The van der Waals surface area contributed by atoms with E-state index in [1.807, 2.05) is 0 Å². The van der Waals surface area contributed by atoms with E-state index in [9.17, 15) is 23.7 Å². The first-order valence-electron chi connectivity index (χ1n) is 3.67. The summed E-state index contributed by atoms with van der Waals surface area (Å²) in [6.45, 7) is 0. The highest BCUT2D eigenvalue weighted by Gasteiger charge is 2.27. The number of hydrogen-bond acceptors (Lipinski definition) is 4. The van der Waals surface area contributed by atoms with Gasteiger partial charge in [-0.1, -0.05) is 0 Å². The highest BCUT2D eigenvalue weighted by atomic mass is 127. The van der Waals surface area contributed by atoms with Crippen molar-refractivity contribution in [2.75, 3.05) is 0 Å². The van der Waals surface area contributed by atoms with Gasteiger partial charge in [-0.3, -0.25) is 4.79 Å². The van der Waals surface area contributed by atoms with Crippen molar-refractivity contribution in [1.82, 2.24) is 4.98 Å². The molecule has 0 spiro atoms. The number of alkyl halides is 2. The number of hydrogen-bond donors (Lipinski definition) is 0. The molecule has 0 aromatic carbocycles. The molecule has 0 unspecified atom stereocenters. The predicted octanol–water partition coefficient (Wildman–Crippen LogP) is 2.91. The minimum atomic E-state index is -3.03. The van der Waals surface area contributed by atoms with E-state index in [1.54, 1.807) is 0 Å². The summed E-state index contributed by atoms with van der Waals surface area (Å²) in [7, 11) is 0. The monoisotopic (exact) mass is 362 g/mol. The molecule has 1 heterocycles. The van der Waals surface area contributed by atoms with E-state index < -0.39 is 33.5 Å². The van der Waals surface area contributed by atoms with Gasteiger partial charge in [0.05, 0.1) is 0 Å². The molecule has 86 valence electrons. The van der Waals surface area contributed by atoms with Crippen molar-refractivity contribution in [3.8, 4) is 0 Å².